The standard InChI is InChI=1S/C19H24ClN3O/c1-2-19(24)22-9-8-17(13-22)23(12-14-4-3-5-14)16-7-6-15(11-21)18(20)10-16/h6-7,10,14,17H,2-5,8-9,12-13H2,1H3. The van der Waals surface area contributed by atoms with Gasteiger partial charge in [0.15, 0.2) is 0 Å². The lowest BCUT2D eigenvalue weighted by Gasteiger charge is -2.37. The van der Waals surface area contributed by atoms with Crippen LogP contribution >= 0.6 is 11.6 Å². The minimum absolute atomic E-state index is 0.235. The van der Waals surface area contributed by atoms with Gasteiger partial charge in [-0.2, -0.15) is 5.26 Å². The van der Waals surface area contributed by atoms with E-state index in [0.29, 0.717) is 23.0 Å². The lowest BCUT2D eigenvalue weighted by atomic mass is 9.84. The van der Waals surface area contributed by atoms with Gasteiger partial charge in [-0.1, -0.05) is 24.9 Å². The van der Waals surface area contributed by atoms with Gasteiger partial charge in [0.1, 0.15) is 6.07 Å². The first-order chi connectivity index (χ1) is 11.6. The molecule has 0 N–H and O–H groups in total. The van der Waals surface area contributed by atoms with Gasteiger partial charge in [0, 0.05) is 37.8 Å². The lowest BCUT2D eigenvalue weighted by Crippen LogP contribution is -2.42. The Morgan fingerprint density at radius 1 is 1.42 bits per heavy atom. The lowest BCUT2D eigenvalue weighted by molar-refractivity contribution is -0.129. The summed E-state index contributed by atoms with van der Waals surface area (Å²) >= 11 is 6.25. The highest BCUT2D eigenvalue weighted by Crippen LogP contribution is 2.33. The molecular weight excluding hydrogens is 322 g/mol. The molecule has 0 aromatic heterocycles. The van der Waals surface area contributed by atoms with E-state index in [9.17, 15) is 4.79 Å². The van der Waals surface area contributed by atoms with Crippen molar-refractivity contribution in [2.75, 3.05) is 24.5 Å². The molecule has 5 heteroatoms. The molecule has 1 unspecified atom stereocenters. The highest BCUT2D eigenvalue weighted by atomic mass is 35.5. The van der Waals surface area contributed by atoms with Crippen LogP contribution in [0.2, 0.25) is 5.02 Å². The minimum atomic E-state index is 0.235. The Morgan fingerprint density at radius 3 is 2.79 bits per heavy atom. The highest BCUT2D eigenvalue weighted by Gasteiger charge is 2.32. The molecular formula is C19H24ClN3O. The van der Waals surface area contributed by atoms with Gasteiger partial charge in [-0.25, -0.2) is 0 Å². The van der Waals surface area contributed by atoms with Crippen LogP contribution in [0, 0.1) is 17.2 Å². The quantitative estimate of drug-likeness (QED) is 0.814. The summed E-state index contributed by atoms with van der Waals surface area (Å²) in [6.07, 6.45) is 5.45. The monoisotopic (exact) mass is 345 g/mol. The van der Waals surface area contributed by atoms with Gasteiger partial charge in [-0.05, 0) is 43.4 Å². The van der Waals surface area contributed by atoms with Gasteiger partial charge in [-0.3, -0.25) is 4.79 Å². The Balaban J connectivity index is 1.80. The van der Waals surface area contributed by atoms with Crippen LogP contribution in [0.5, 0.6) is 0 Å². The maximum absolute atomic E-state index is 12.0. The molecule has 1 atom stereocenters. The molecule has 1 aliphatic heterocycles. The molecule has 0 bridgehead atoms. The number of carbonyl (C=O) groups is 1. The number of likely N-dealkylation sites (tertiary alicyclic amines) is 1. The van der Waals surface area contributed by atoms with E-state index in [2.05, 4.69) is 11.0 Å². The van der Waals surface area contributed by atoms with Crippen molar-refractivity contribution in [2.45, 2.75) is 45.1 Å². The fraction of sp³-hybridized carbons (Fsp3) is 0.579. The van der Waals surface area contributed by atoms with Crippen LogP contribution in [0.4, 0.5) is 5.69 Å². The van der Waals surface area contributed by atoms with Crippen LogP contribution in [0.3, 0.4) is 0 Å². The van der Waals surface area contributed by atoms with Gasteiger partial charge in [0.05, 0.1) is 10.6 Å². The van der Waals surface area contributed by atoms with E-state index in [4.69, 9.17) is 16.9 Å². The second kappa shape index (κ2) is 7.44. The number of hydrogen-bond acceptors (Lipinski definition) is 3. The van der Waals surface area contributed by atoms with Crippen LogP contribution in [0.1, 0.15) is 44.6 Å². The number of nitrogens with zero attached hydrogens (tertiary/aromatic N) is 3. The molecule has 4 nitrogen and oxygen atoms in total. The molecule has 2 fully saturated rings. The van der Waals surface area contributed by atoms with E-state index < -0.39 is 0 Å². The first-order valence-corrected chi connectivity index (χ1v) is 9.24. The zero-order valence-corrected chi connectivity index (χ0v) is 14.9. The van der Waals surface area contributed by atoms with Crippen LogP contribution < -0.4 is 4.90 Å². The third-order valence-electron chi connectivity index (χ3n) is 5.34. The topological polar surface area (TPSA) is 47.3 Å². The number of carbonyl (C=O) groups excluding carboxylic acids is 1. The number of nitriles is 1. The normalized spacial score (nSPS) is 20.5. The molecule has 1 saturated heterocycles. The van der Waals surface area contributed by atoms with Crippen LogP contribution in [0.15, 0.2) is 18.2 Å². The number of benzene rings is 1. The summed E-state index contributed by atoms with van der Waals surface area (Å²) in [6, 6.07) is 8.16. The molecule has 1 aliphatic carbocycles. The Kier molecular flexibility index (Phi) is 5.30. The van der Waals surface area contributed by atoms with Gasteiger partial charge in [-0.15, -0.1) is 0 Å². The molecule has 3 rings (SSSR count). The van der Waals surface area contributed by atoms with Crippen molar-refractivity contribution in [1.82, 2.24) is 4.90 Å². The van der Waals surface area contributed by atoms with Crippen molar-refractivity contribution >= 4 is 23.2 Å². The van der Waals surface area contributed by atoms with E-state index in [0.717, 1.165) is 37.7 Å². The zero-order valence-electron chi connectivity index (χ0n) is 14.2. The number of rotatable bonds is 5. The summed E-state index contributed by atoms with van der Waals surface area (Å²) in [5.74, 6) is 0.967. The van der Waals surface area contributed by atoms with Gasteiger partial charge in [0.25, 0.3) is 0 Å². The van der Waals surface area contributed by atoms with Crippen LogP contribution in [0.25, 0.3) is 0 Å². The van der Waals surface area contributed by atoms with E-state index in [1.54, 1.807) is 6.07 Å². The summed E-state index contributed by atoms with van der Waals surface area (Å²) < 4.78 is 0. The first kappa shape index (κ1) is 17.1. The molecule has 0 radical (unpaired) electrons. The fourth-order valence-corrected chi connectivity index (χ4v) is 3.86. The average molecular weight is 346 g/mol. The molecule has 2 aliphatic rings. The molecule has 1 heterocycles. The minimum Gasteiger partial charge on any atom is -0.366 e. The van der Waals surface area contributed by atoms with E-state index in [1.165, 1.54) is 19.3 Å². The van der Waals surface area contributed by atoms with Crippen molar-refractivity contribution in [3.8, 4) is 6.07 Å². The van der Waals surface area contributed by atoms with Crippen molar-refractivity contribution in [2.24, 2.45) is 5.92 Å². The number of hydrogen-bond donors (Lipinski definition) is 0. The summed E-state index contributed by atoms with van der Waals surface area (Å²) in [5, 5.41) is 9.59. The SMILES string of the molecule is CCC(=O)N1CCC(N(CC2CCC2)c2ccc(C#N)c(Cl)c2)C1. The molecule has 0 spiro atoms. The van der Waals surface area contributed by atoms with Gasteiger partial charge < -0.3 is 9.80 Å². The van der Waals surface area contributed by atoms with Gasteiger partial charge in [0.2, 0.25) is 5.91 Å². The summed E-state index contributed by atoms with van der Waals surface area (Å²) in [6.45, 7) is 4.56. The first-order valence-electron chi connectivity index (χ1n) is 8.86. The predicted molar refractivity (Wildman–Crippen MR) is 96.1 cm³/mol. The fourth-order valence-electron chi connectivity index (χ4n) is 3.64. The van der Waals surface area contributed by atoms with Crippen molar-refractivity contribution < 1.29 is 4.79 Å². The third kappa shape index (κ3) is 3.52. The Bertz CT molecular complexity index is 651. The summed E-state index contributed by atoms with van der Waals surface area (Å²) in [5.41, 5.74) is 1.58. The molecule has 1 amide bonds. The third-order valence-corrected chi connectivity index (χ3v) is 5.66. The highest BCUT2D eigenvalue weighted by molar-refractivity contribution is 6.32. The second-order valence-corrected chi connectivity index (χ2v) is 7.27. The molecule has 1 aromatic carbocycles. The molecule has 24 heavy (non-hydrogen) atoms. The number of amides is 1. The zero-order chi connectivity index (χ0) is 17.1. The molecule has 128 valence electrons. The van der Waals surface area contributed by atoms with E-state index >= 15 is 0 Å². The molecule has 1 aromatic rings. The Hall–Kier alpha value is -1.73. The summed E-state index contributed by atoms with van der Waals surface area (Å²) in [4.78, 5) is 16.4. The van der Waals surface area contributed by atoms with Crippen molar-refractivity contribution in [3.05, 3.63) is 28.8 Å². The Morgan fingerprint density at radius 2 is 2.21 bits per heavy atom. The second-order valence-electron chi connectivity index (χ2n) is 6.86. The van der Waals surface area contributed by atoms with Gasteiger partial charge >= 0.3 is 0 Å². The Labute approximate surface area is 149 Å². The van der Waals surface area contributed by atoms with Crippen molar-refractivity contribution in [1.29, 1.82) is 5.26 Å². The van der Waals surface area contributed by atoms with E-state index in [-0.39, 0.29) is 5.91 Å². The number of halogens is 1. The predicted octanol–water partition coefficient (Wildman–Crippen LogP) is 3.83. The maximum atomic E-state index is 12.0. The van der Waals surface area contributed by atoms with Crippen LogP contribution in [-0.2, 0) is 4.79 Å². The molecule has 1 saturated carbocycles. The van der Waals surface area contributed by atoms with Crippen molar-refractivity contribution in [3.63, 3.8) is 0 Å². The number of anilines is 1. The maximum Gasteiger partial charge on any atom is 0.222 e. The largest absolute Gasteiger partial charge is 0.366 e. The van der Waals surface area contributed by atoms with E-state index in [1.807, 2.05) is 24.0 Å². The average Bonchev–Trinajstić information content (AvgIpc) is 3.03. The van der Waals surface area contributed by atoms with Crippen LogP contribution in [-0.4, -0.2) is 36.5 Å². The summed E-state index contributed by atoms with van der Waals surface area (Å²) in [7, 11) is 0. The smallest absolute Gasteiger partial charge is 0.222 e.